The second kappa shape index (κ2) is 14.3. The second-order valence-electron chi connectivity index (χ2n) is 7.94. The molecular weight excluding hydrogens is 481 g/mol. The van der Waals surface area contributed by atoms with Crippen LogP contribution < -0.4 is 10.6 Å². The van der Waals surface area contributed by atoms with Gasteiger partial charge in [-0.3, -0.25) is 9.89 Å². The van der Waals surface area contributed by atoms with E-state index in [1.165, 1.54) is 38.8 Å². The monoisotopic (exact) mass is 523 g/mol. The number of amides is 1. The molecule has 0 aromatic heterocycles. The number of rotatable bonds is 8. The van der Waals surface area contributed by atoms with Gasteiger partial charge < -0.3 is 20.3 Å². The van der Waals surface area contributed by atoms with Crippen LogP contribution in [0.5, 0.6) is 0 Å². The van der Waals surface area contributed by atoms with Gasteiger partial charge in [-0.1, -0.05) is 26.7 Å². The average Bonchev–Trinajstić information content (AvgIpc) is 3.25. The van der Waals surface area contributed by atoms with Gasteiger partial charge in [0.05, 0.1) is 6.61 Å². The zero-order valence-corrected chi connectivity index (χ0v) is 21.1. The maximum absolute atomic E-state index is 11.8. The number of aliphatic imine (C=N–C) groups is 1. The van der Waals surface area contributed by atoms with E-state index in [0.717, 1.165) is 44.4 Å². The molecule has 2 N–H and O–H groups in total. The summed E-state index contributed by atoms with van der Waals surface area (Å²) in [6.07, 6.45) is 6.73. The highest BCUT2D eigenvalue weighted by Gasteiger charge is 2.28. The van der Waals surface area contributed by atoms with Crippen molar-refractivity contribution in [2.24, 2.45) is 10.9 Å². The summed E-state index contributed by atoms with van der Waals surface area (Å²) in [5, 5.41) is 7.15. The molecule has 0 aromatic carbocycles. The molecule has 1 amide bonds. The van der Waals surface area contributed by atoms with Gasteiger partial charge in [0.1, 0.15) is 0 Å². The van der Waals surface area contributed by atoms with Gasteiger partial charge in [-0.25, -0.2) is 4.79 Å². The highest BCUT2D eigenvalue weighted by Crippen LogP contribution is 2.22. The summed E-state index contributed by atoms with van der Waals surface area (Å²) in [7, 11) is 1.84. The molecule has 8 heteroatoms. The number of nitrogens with zero attached hydrogens (tertiary/aromatic N) is 3. The maximum atomic E-state index is 11.8. The summed E-state index contributed by atoms with van der Waals surface area (Å²) in [6, 6.07) is 0.914. The Bertz CT molecular complexity index is 485. The number of nitrogens with one attached hydrogen (secondary N) is 2. The fourth-order valence-corrected chi connectivity index (χ4v) is 4.51. The van der Waals surface area contributed by atoms with E-state index in [1.54, 1.807) is 4.90 Å². The number of piperidine rings is 1. The smallest absolute Gasteiger partial charge is 0.409 e. The van der Waals surface area contributed by atoms with Gasteiger partial charge in [0.15, 0.2) is 5.96 Å². The second-order valence-corrected chi connectivity index (χ2v) is 7.94. The molecule has 1 atom stereocenters. The number of carbonyl (C=O) groups excluding carboxylic acids is 1. The van der Waals surface area contributed by atoms with Crippen molar-refractivity contribution in [2.45, 2.75) is 71.4 Å². The van der Waals surface area contributed by atoms with Crippen LogP contribution >= 0.6 is 24.0 Å². The lowest BCUT2D eigenvalue weighted by atomic mass is 9.93. The quantitative estimate of drug-likeness (QED) is 0.291. The summed E-state index contributed by atoms with van der Waals surface area (Å²) in [5.74, 6) is 1.60. The Morgan fingerprint density at radius 3 is 2.24 bits per heavy atom. The molecule has 7 nitrogen and oxygen atoms in total. The van der Waals surface area contributed by atoms with Crippen LogP contribution in [0.3, 0.4) is 0 Å². The lowest BCUT2D eigenvalue weighted by Crippen LogP contribution is -2.53. The molecule has 2 fully saturated rings. The lowest BCUT2D eigenvalue weighted by molar-refractivity contribution is 0.0962. The molecule has 0 aromatic rings. The number of carbonyl (C=O) groups is 1. The Hall–Kier alpha value is -0.770. The summed E-state index contributed by atoms with van der Waals surface area (Å²) >= 11 is 0. The van der Waals surface area contributed by atoms with Gasteiger partial charge in [0.25, 0.3) is 0 Å². The van der Waals surface area contributed by atoms with Crippen LogP contribution in [-0.2, 0) is 4.74 Å². The fourth-order valence-electron chi connectivity index (χ4n) is 4.51. The Labute approximate surface area is 194 Å². The van der Waals surface area contributed by atoms with Crippen molar-refractivity contribution in [1.82, 2.24) is 20.4 Å². The molecule has 0 bridgehead atoms. The number of hydrogen-bond acceptors (Lipinski definition) is 4. The van der Waals surface area contributed by atoms with Crippen molar-refractivity contribution >= 4 is 36.0 Å². The van der Waals surface area contributed by atoms with Crippen LogP contribution in [0, 0.1) is 5.92 Å². The zero-order valence-electron chi connectivity index (χ0n) is 18.8. The summed E-state index contributed by atoms with van der Waals surface area (Å²) in [6.45, 7) is 11.7. The molecule has 2 saturated heterocycles. The van der Waals surface area contributed by atoms with Gasteiger partial charge in [-0.15, -0.1) is 24.0 Å². The van der Waals surface area contributed by atoms with Crippen LogP contribution in [0.4, 0.5) is 4.79 Å². The molecule has 29 heavy (non-hydrogen) atoms. The predicted molar refractivity (Wildman–Crippen MR) is 130 cm³/mol. The highest BCUT2D eigenvalue weighted by atomic mass is 127. The molecule has 0 radical (unpaired) electrons. The van der Waals surface area contributed by atoms with E-state index < -0.39 is 0 Å². The first-order chi connectivity index (χ1) is 13.6. The van der Waals surface area contributed by atoms with E-state index in [1.807, 2.05) is 14.0 Å². The third-order valence-electron chi connectivity index (χ3n) is 6.27. The number of hydrogen-bond donors (Lipinski definition) is 2. The van der Waals surface area contributed by atoms with Crippen molar-refractivity contribution in [1.29, 1.82) is 0 Å². The van der Waals surface area contributed by atoms with Crippen LogP contribution in [-0.4, -0.2) is 80.3 Å². The van der Waals surface area contributed by atoms with Gasteiger partial charge in [0, 0.05) is 38.8 Å². The Morgan fingerprint density at radius 2 is 1.72 bits per heavy atom. The normalized spacial score (nSPS) is 19.8. The van der Waals surface area contributed by atoms with Gasteiger partial charge in [0.2, 0.25) is 0 Å². The molecule has 2 rings (SSSR count). The van der Waals surface area contributed by atoms with Crippen molar-refractivity contribution in [2.75, 3.05) is 46.4 Å². The number of ether oxygens (including phenoxy) is 1. The van der Waals surface area contributed by atoms with Crippen LogP contribution in [0.1, 0.15) is 59.3 Å². The number of halogens is 1. The van der Waals surface area contributed by atoms with E-state index in [0.29, 0.717) is 18.7 Å². The summed E-state index contributed by atoms with van der Waals surface area (Å²) in [4.78, 5) is 20.8. The molecular formula is C21H42IN5O2. The highest BCUT2D eigenvalue weighted by molar-refractivity contribution is 14.0. The standard InChI is InChI=1S/C21H41N5O2.HI/c1-5-17(6-2)19(25-12-8-9-13-25)16-23-20(22-4)24-18-10-14-26(15-11-18)21(27)28-7-3;/h17-19H,5-16H2,1-4H3,(H2,22,23,24);1H. The molecule has 2 heterocycles. The van der Waals surface area contributed by atoms with Gasteiger partial charge >= 0.3 is 6.09 Å². The third-order valence-corrected chi connectivity index (χ3v) is 6.27. The van der Waals surface area contributed by atoms with Gasteiger partial charge in [-0.05, 0) is 51.6 Å². The minimum Gasteiger partial charge on any atom is -0.450 e. The Balaban J connectivity index is 0.00000420. The Morgan fingerprint density at radius 1 is 1.10 bits per heavy atom. The van der Waals surface area contributed by atoms with E-state index in [2.05, 4.69) is 34.4 Å². The molecule has 0 aliphatic carbocycles. The minimum atomic E-state index is -0.193. The Kier molecular flexibility index (Phi) is 12.9. The van der Waals surface area contributed by atoms with Crippen LogP contribution in [0.2, 0.25) is 0 Å². The molecule has 0 saturated carbocycles. The minimum absolute atomic E-state index is 0. The van der Waals surface area contributed by atoms with Crippen LogP contribution in [0.25, 0.3) is 0 Å². The average molecular weight is 524 g/mol. The van der Waals surface area contributed by atoms with Crippen LogP contribution in [0.15, 0.2) is 4.99 Å². The van der Waals surface area contributed by atoms with E-state index in [9.17, 15) is 4.79 Å². The first-order valence-electron chi connectivity index (χ1n) is 11.3. The third kappa shape index (κ3) is 8.11. The molecule has 170 valence electrons. The fraction of sp³-hybridized carbons (Fsp3) is 0.905. The SMILES string of the molecule is CCOC(=O)N1CCC(NC(=NC)NCC(C(CC)CC)N2CCCC2)CC1.I. The lowest BCUT2D eigenvalue weighted by Gasteiger charge is -2.35. The zero-order chi connectivity index (χ0) is 20.4. The van der Waals surface area contributed by atoms with E-state index >= 15 is 0 Å². The summed E-state index contributed by atoms with van der Waals surface area (Å²) in [5.41, 5.74) is 0. The first kappa shape index (κ1) is 26.3. The molecule has 2 aliphatic heterocycles. The summed E-state index contributed by atoms with van der Waals surface area (Å²) < 4.78 is 5.10. The molecule has 0 spiro atoms. The van der Waals surface area contributed by atoms with Crippen molar-refractivity contribution in [3.05, 3.63) is 0 Å². The first-order valence-corrected chi connectivity index (χ1v) is 11.3. The van der Waals surface area contributed by atoms with E-state index in [-0.39, 0.29) is 30.1 Å². The number of likely N-dealkylation sites (tertiary alicyclic amines) is 2. The predicted octanol–water partition coefficient (Wildman–Crippen LogP) is 3.29. The van der Waals surface area contributed by atoms with Crippen molar-refractivity contribution < 1.29 is 9.53 Å². The number of guanidine groups is 1. The molecule has 1 unspecified atom stereocenters. The van der Waals surface area contributed by atoms with Crippen molar-refractivity contribution in [3.63, 3.8) is 0 Å². The van der Waals surface area contributed by atoms with Gasteiger partial charge in [-0.2, -0.15) is 0 Å². The largest absolute Gasteiger partial charge is 0.450 e. The molecule has 2 aliphatic rings. The van der Waals surface area contributed by atoms with Crippen molar-refractivity contribution in [3.8, 4) is 0 Å². The van der Waals surface area contributed by atoms with E-state index in [4.69, 9.17) is 4.74 Å². The maximum Gasteiger partial charge on any atom is 0.409 e. The topological polar surface area (TPSA) is 69.2 Å².